The molecule has 2 atom stereocenters. The van der Waals surface area contributed by atoms with Crippen LogP contribution in [0.25, 0.3) is 0 Å². The molecule has 1 aliphatic heterocycles. The topological polar surface area (TPSA) is 125 Å². The van der Waals surface area contributed by atoms with Gasteiger partial charge >= 0.3 is 23.9 Å². The molecule has 1 saturated heterocycles. The van der Waals surface area contributed by atoms with Gasteiger partial charge in [0.25, 0.3) is 0 Å². The van der Waals surface area contributed by atoms with Gasteiger partial charge in [-0.25, -0.2) is 4.79 Å². The number of hydrogen-bond acceptors (Lipinski definition) is 9. The lowest BCUT2D eigenvalue weighted by Crippen LogP contribution is -2.32. The molecule has 1 heterocycles. The first kappa shape index (κ1) is 59.5. The van der Waals surface area contributed by atoms with Crippen LogP contribution >= 0.6 is 0 Å². The molecule has 0 spiro atoms. The van der Waals surface area contributed by atoms with Gasteiger partial charge in [-0.15, -0.1) is 0 Å². The Balaban J connectivity index is -0.0000000966. The van der Waals surface area contributed by atoms with E-state index in [4.69, 9.17) is 24.1 Å². The van der Waals surface area contributed by atoms with Crippen molar-refractivity contribution < 1.29 is 43.2 Å². The lowest BCUT2D eigenvalue weighted by atomic mass is 9.90. The van der Waals surface area contributed by atoms with Gasteiger partial charge in [-0.05, 0) is 73.3 Å². The second kappa shape index (κ2) is 28.1. The van der Waals surface area contributed by atoms with Crippen LogP contribution in [0.3, 0.4) is 0 Å². The highest BCUT2D eigenvalue weighted by atomic mass is 16.6. The van der Waals surface area contributed by atoms with E-state index in [1.165, 1.54) is 0 Å². The highest BCUT2D eigenvalue weighted by molar-refractivity contribution is 5.82. The van der Waals surface area contributed by atoms with E-state index in [1.54, 1.807) is 20.8 Å². The zero-order valence-electron chi connectivity index (χ0n) is 26.7. The second-order valence-electron chi connectivity index (χ2n) is 12.1. The largest absolute Gasteiger partial charge is 0.463 e. The minimum absolute atomic E-state index is 0. The van der Waals surface area contributed by atoms with Crippen molar-refractivity contribution in [1.29, 1.82) is 0 Å². The molecule has 2 unspecified atom stereocenters. The van der Waals surface area contributed by atoms with Crippen LogP contribution < -0.4 is 0 Å². The predicted octanol–water partition coefficient (Wildman–Crippen LogP) is 9.61. The Morgan fingerprint density at radius 3 is 1.53 bits per heavy atom. The van der Waals surface area contributed by atoms with E-state index < -0.39 is 29.0 Å². The maximum atomic E-state index is 11.6. The number of aliphatic hydroxyl groups is 1. The molecule has 0 bridgehead atoms. The number of aliphatic hydroxyl groups excluding tert-OH is 1. The third-order valence-electron chi connectivity index (χ3n) is 7.11. The average molecular weight is 677 g/mol. The van der Waals surface area contributed by atoms with Crippen molar-refractivity contribution in [1.82, 2.24) is 0 Å². The molecule has 2 rings (SSSR count). The molecule has 0 aromatic heterocycles. The van der Waals surface area contributed by atoms with Crippen molar-refractivity contribution in [2.24, 2.45) is 16.2 Å². The first-order chi connectivity index (χ1) is 18.9. The third kappa shape index (κ3) is 23.1. The van der Waals surface area contributed by atoms with Gasteiger partial charge in [0.2, 0.25) is 6.10 Å². The lowest BCUT2D eigenvalue weighted by Gasteiger charge is -2.21. The van der Waals surface area contributed by atoms with Crippen LogP contribution in [0, 0.1) is 16.2 Å². The molecule has 0 radical (unpaired) electrons. The van der Waals surface area contributed by atoms with Gasteiger partial charge in [-0.1, -0.05) is 95.7 Å². The standard InChI is InChI=1S/C13H18O2.C10H16O4.C9H18O3.6CH4/c1-4-13(2,3)12(14)15-10-11-8-6-5-7-9-11;1-4-10(2,3)9(12)14-7-5-6-13-8(7)11;1-5-9(3,4)8(11)12-6-7(2)10;;;;;;/h5-9H,4,10H2,1-3H3;7H,4-6H2,1-3H3;7,10H,5-6H2,1-4H3;6*1H4. The van der Waals surface area contributed by atoms with Gasteiger partial charge in [0, 0.05) is 6.42 Å². The highest BCUT2D eigenvalue weighted by Gasteiger charge is 2.35. The van der Waals surface area contributed by atoms with E-state index in [1.807, 2.05) is 78.8 Å². The predicted molar refractivity (Wildman–Crippen MR) is 197 cm³/mol. The van der Waals surface area contributed by atoms with Crippen LogP contribution in [0.15, 0.2) is 30.3 Å². The van der Waals surface area contributed by atoms with Crippen molar-refractivity contribution in [3.05, 3.63) is 35.9 Å². The number of carbonyl (C=O) groups is 4. The van der Waals surface area contributed by atoms with Gasteiger partial charge in [0.1, 0.15) is 13.2 Å². The molecule has 0 saturated carbocycles. The van der Waals surface area contributed by atoms with Gasteiger partial charge in [-0.3, -0.25) is 14.4 Å². The summed E-state index contributed by atoms with van der Waals surface area (Å²) in [5, 5.41) is 8.86. The fraction of sp³-hybridized carbons (Fsp3) is 0.737. The highest BCUT2D eigenvalue weighted by Crippen LogP contribution is 2.24. The molecule has 1 N–H and O–H groups in total. The fourth-order valence-electron chi connectivity index (χ4n) is 2.62. The molecule has 282 valence electrons. The smallest absolute Gasteiger partial charge is 0.347 e. The molecule has 0 aliphatic carbocycles. The first-order valence-corrected chi connectivity index (χ1v) is 14.4. The zero-order valence-corrected chi connectivity index (χ0v) is 26.7. The summed E-state index contributed by atoms with van der Waals surface area (Å²) in [5.41, 5.74) is -0.315. The summed E-state index contributed by atoms with van der Waals surface area (Å²) >= 11 is 0. The summed E-state index contributed by atoms with van der Waals surface area (Å²) < 4.78 is 19.9. The Kier molecular flexibility index (Phi) is 35.6. The van der Waals surface area contributed by atoms with Crippen LogP contribution in [0.4, 0.5) is 0 Å². The van der Waals surface area contributed by atoms with Crippen LogP contribution in [0.5, 0.6) is 0 Å². The normalized spacial score (nSPS) is 13.7. The Bertz CT molecular complexity index is 951. The third-order valence-corrected chi connectivity index (χ3v) is 7.11. The summed E-state index contributed by atoms with van der Waals surface area (Å²) in [6.45, 7) is 19.3. The molecule has 1 aromatic rings. The van der Waals surface area contributed by atoms with Crippen molar-refractivity contribution in [3.8, 4) is 0 Å². The van der Waals surface area contributed by atoms with Gasteiger partial charge in [0.15, 0.2) is 0 Å². The molecular formula is C38H76O9. The molecule has 1 aromatic carbocycles. The average Bonchev–Trinajstić information content (AvgIpc) is 3.35. The van der Waals surface area contributed by atoms with Crippen molar-refractivity contribution in [2.45, 2.75) is 158 Å². The van der Waals surface area contributed by atoms with Crippen molar-refractivity contribution in [2.75, 3.05) is 13.2 Å². The summed E-state index contributed by atoms with van der Waals surface area (Å²) in [6.07, 6.45) is 1.43. The van der Waals surface area contributed by atoms with Gasteiger partial charge in [0.05, 0.1) is 29.0 Å². The fourth-order valence-corrected chi connectivity index (χ4v) is 2.62. The molecule has 1 aliphatic rings. The van der Waals surface area contributed by atoms with Crippen molar-refractivity contribution in [3.63, 3.8) is 0 Å². The van der Waals surface area contributed by atoms with E-state index >= 15 is 0 Å². The Hall–Kier alpha value is -2.94. The van der Waals surface area contributed by atoms with Gasteiger partial charge < -0.3 is 24.1 Å². The van der Waals surface area contributed by atoms with Crippen LogP contribution in [0.1, 0.15) is 145 Å². The number of benzene rings is 1. The summed E-state index contributed by atoms with van der Waals surface area (Å²) in [5.74, 6) is -1.13. The maximum absolute atomic E-state index is 11.6. The molecule has 9 heteroatoms. The summed E-state index contributed by atoms with van der Waals surface area (Å²) in [7, 11) is 0. The minimum atomic E-state index is -0.687. The minimum Gasteiger partial charge on any atom is -0.463 e. The van der Waals surface area contributed by atoms with E-state index in [0.29, 0.717) is 26.1 Å². The van der Waals surface area contributed by atoms with E-state index in [-0.39, 0.29) is 74.5 Å². The quantitative estimate of drug-likeness (QED) is 0.180. The molecule has 0 amide bonds. The van der Waals surface area contributed by atoms with Gasteiger partial charge in [-0.2, -0.15) is 0 Å². The SMILES string of the molecule is C.C.C.C.C.C.CCC(C)(C)C(=O)OC1CCOC1=O.CCC(C)(C)C(=O)OCC(C)O.CCC(C)(C)C(=O)OCc1ccccc1. The second-order valence-corrected chi connectivity index (χ2v) is 12.1. The van der Waals surface area contributed by atoms with E-state index in [9.17, 15) is 19.2 Å². The lowest BCUT2D eigenvalue weighted by molar-refractivity contribution is -0.167. The first-order valence-electron chi connectivity index (χ1n) is 14.4. The Morgan fingerprint density at radius 2 is 1.17 bits per heavy atom. The Labute approximate surface area is 290 Å². The number of cyclic esters (lactones) is 1. The number of esters is 4. The molecule has 47 heavy (non-hydrogen) atoms. The van der Waals surface area contributed by atoms with Crippen LogP contribution in [-0.2, 0) is 44.7 Å². The van der Waals surface area contributed by atoms with Crippen LogP contribution in [0.2, 0.25) is 0 Å². The number of carbonyl (C=O) groups excluding carboxylic acids is 4. The molecular weight excluding hydrogens is 600 g/mol. The van der Waals surface area contributed by atoms with Crippen molar-refractivity contribution >= 4 is 23.9 Å². The Morgan fingerprint density at radius 1 is 0.766 bits per heavy atom. The monoisotopic (exact) mass is 677 g/mol. The molecule has 1 fully saturated rings. The summed E-state index contributed by atoms with van der Waals surface area (Å²) in [4.78, 5) is 45.5. The van der Waals surface area contributed by atoms with Crippen LogP contribution in [-0.4, -0.2) is 54.4 Å². The maximum Gasteiger partial charge on any atom is 0.347 e. The van der Waals surface area contributed by atoms with E-state index in [2.05, 4.69) is 0 Å². The van der Waals surface area contributed by atoms with E-state index in [0.717, 1.165) is 18.4 Å². The number of hydrogen-bond donors (Lipinski definition) is 1. The number of rotatable bonds is 11. The molecule has 9 nitrogen and oxygen atoms in total. The number of ether oxygens (including phenoxy) is 4. The summed E-state index contributed by atoms with van der Waals surface area (Å²) in [6, 6.07) is 9.72. The zero-order chi connectivity index (χ0) is 31.9.